The van der Waals surface area contributed by atoms with Crippen LogP contribution in [0.5, 0.6) is 5.75 Å². The van der Waals surface area contributed by atoms with Gasteiger partial charge in [0.15, 0.2) is 0 Å². The molecule has 1 aliphatic heterocycles. The molecule has 4 fully saturated rings. The van der Waals surface area contributed by atoms with E-state index in [4.69, 9.17) is 9.57 Å². The molecule has 5 atom stereocenters. The zero-order chi connectivity index (χ0) is 28.1. The number of carbonyl (C=O) groups excluding carboxylic acids is 1. The maximum Gasteiger partial charge on any atom is 0.431 e. The van der Waals surface area contributed by atoms with Crippen LogP contribution in [0, 0.1) is 17.8 Å². The van der Waals surface area contributed by atoms with E-state index < -0.39 is 11.7 Å². The standard InChI is InChI=1S/C31H36N6O4/c1-19(2)40-24-7-8-25(32-18-24)23-16-33-29(34-17-23)36-9-10-37(27-6-4-3-5-26(27)36)41-30(38)35-28-21-11-20-12-22(28)15-31(39,13-20)14-21/h3-8,16-22,28,39H,9-15H2,1-2H3,(H,35,38)/t20?,21-,22+,28?,31?. The topological polar surface area (TPSA) is 113 Å². The van der Waals surface area contributed by atoms with Gasteiger partial charge in [-0.05, 0) is 88.0 Å². The molecule has 1 amide bonds. The quantitative estimate of drug-likeness (QED) is 0.439. The third kappa shape index (κ3) is 5.05. The van der Waals surface area contributed by atoms with Gasteiger partial charge in [0.05, 0.1) is 41.5 Å². The molecule has 5 aliphatic rings. The second kappa shape index (κ2) is 10.2. The van der Waals surface area contributed by atoms with Gasteiger partial charge in [-0.1, -0.05) is 12.1 Å². The van der Waals surface area contributed by atoms with E-state index in [0.717, 1.165) is 60.5 Å². The van der Waals surface area contributed by atoms with Gasteiger partial charge >= 0.3 is 6.09 Å². The molecule has 3 heterocycles. The highest BCUT2D eigenvalue weighted by Crippen LogP contribution is 2.55. The summed E-state index contributed by atoms with van der Waals surface area (Å²) in [6.45, 7) is 4.98. The number of nitrogens with one attached hydrogen (secondary N) is 1. The van der Waals surface area contributed by atoms with Crippen LogP contribution in [0.25, 0.3) is 11.3 Å². The van der Waals surface area contributed by atoms with Crippen molar-refractivity contribution in [2.45, 2.75) is 63.7 Å². The van der Waals surface area contributed by atoms with Gasteiger partial charge in [-0.15, -0.1) is 0 Å². The van der Waals surface area contributed by atoms with Gasteiger partial charge in [0.1, 0.15) is 5.75 Å². The number of hydrogen-bond acceptors (Lipinski definition) is 9. The summed E-state index contributed by atoms with van der Waals surface area (Å²) in [6, 6.07) is 11.7. The van der Waals surface area contributed by atoms with Crippen LogP contribution in [0.2, 0.25) is 0 Å². The van der Waals surface area contributed by atoms with Crippen molar-refractivity contribution in [2.75, 3.05) is 23.1 Å². The molecular formula is C31H36N6O4. The van der Waals surface area contributed by atoms with E-state index in [0.29, 0.717) is 36.8 Å². The zero-order valence-electron chi connectivity index (χ0n) is 23.4. The van der Waals surface area contributed by atoms with Crippen LogP contribution in [0.15, 0.2) is 55.0 Å². The number of nitrogens with zero attached hydrogens (tertiary/aromatic N) is 5. The number of aromatic nitrogens is 3. The predicted molar refractivity (Wildman–Crippen MR) is 154 cm³/mol. The Morgan fingerprint density at radius 1 is 0.976 bits per heavy atom. The van der Waals surface area contributed by atoms with Gasteiger partial charge in [-0.3, -0.25) is 4.98 Å². The summed E-state index contributed by atoms with van der Waals surface area (Å²) >= 11 is 0. The molecule has 1 aromatic carbocycles. The van der Waals surface area contributed by atoms with E-state index >= 15 is 0 Å². The molecule has 3 unspecified atom stereocenters. The fourth-order valence-corrected chi connectivity index (χ4v) is 7.60. The van der Waals surface area contributed by atoms with Gasteiger partial charge < -0.3 is 24.9 Å². The number of amides is 1. The van der Waals surface area contributed by atoms with E-state index in [1.165, 1.54) is 0 Å². The Bertz CT molecular complexity index is 1400. The summed E-state index contributed by atoms with van der Waals surface area (Å²) in [4.78, 5) is 34.8. The van der Waals surface area contributed by atoms with Crippen molar-refractivity contribution < 1.29 is 19.5 Å². The fraction of sp³-hybridized carbons (Fsp3) is 0.484. The fourth-order valence-electron chi connectivity index (χ4n) is 7.60. The van der Waals surface area contributed by atoms with Gasteiger partial charge in [-0.25, -0.2) is 19.8 Å². The smallest absolute Gasteiger partial charge is 0.431 e. The monoisotopic (exact) mass is 556 g/mol. The van der Waals surface area contributed by atoms with Gasteiger partial charge in [0, 0.05) is 30.5 Å². The molecule has 3 aromatic rings. The first-order chi connectivity index (χ1) is 19.8. The molecule has 4 aliphatic carbocycles. The molecular weight excluding hydrogens is 520 g/mol. The summed E-state index contributed by atoms with van der Waals surface area (Å²) in [5, 5.41) is 15.7. The number of aliphatic hydroxyl groups is 1. The number of para-hydroxylation sites is 2. The SMILES string of the molecule is CC(C)Oc1ccc(-c2cnc(N3CCN(OC(=O)NC4[C@@H]5CC6C[C@H]4CC(O)(C6)C5)c4ccccc43)nc2)nc1. The highest BCUT2D eigenvalue weighted by Gasteiger charge is 2.55. The first-order valence-electron chi connectivity index (χ1n) is 14.6. The second-order valence-electron chi connectivity index (χ2n) is 12.3. The van der Waals surface area contributed by atoms with Crippen molar-refractivity contribution in [3.8, 4) is 17.0 Å². The lowest BCUT2D eigenvalue weighted by molar-refractivity contribution is -0.137. The van der Waals surface area contributed by atoms with Crippen LogP contribution in [-0.2, 0) is 4.84 Å². The van der Waals surface area contributed by atoms with E-state index in [2.05, 4.69) is 20.3 Å². The minimum absolute atomic E-state index is 0.0659. The second-order valence-corrected chi connectivity index (χ2v) is 12.3. The number of anilines is 3. The lowest BCUT2D eigenvalue weighted by atomic mass is 9.52. The molecule has 10 nitrogen and oxygen atoms in total. The van der Waals surface area contributed by atoms with Gasteiger partial charge in [0.2, 0.25) is 5.95 Å². The Labute approximate surface area is 239 Å². The number of carbonyl (C=O) groups is 1. The number of rotatable bonds is 6. The van der Waals surface area contributed by atoms with Crippen LogP contribution in [0.3, 0.4) is 0 Å². The van der Waals surface area contributed by atoms with E-state index in [9.17, 15) is 9.90 Å². The Kier molecular flexibility index (Phi) is 6.45. The first kappa shape index (κ1) is 26.0. The molecule has 8 rings (SSSR count). The molecule has 0 radical (unpaired) electrons. The van der Waals surface area contributed by atoms with Crippen LogP contribution in [0.4, 0.5) is 22.1 Å². The van der Waals surface area contributed by atoms with Gasteiger partial charge in [-0.2, -0.15) is 0 Å². The van der Waals surface area contributed by atoms with Crippen molar-refractivity contribution in [3.63, 3.8) is 0 Å². The summed E-state index contributed by atoms with van der Waals surface area (Å²) in [5.41, 5.74) is 2.70. The number of hydrogen-bond donors (Lipinski definition) is 2. The van der Waals surface area contributed by atoms with Crippen molar-refractivity contribution in [2.24, 2.45) is 17.8 Å². The summed E-state index contributed by atoms with van der Waals surface area (Å²) < 4.78 is 5.68. The van der Waals surface area contributed by atoms with Crippen LogP contribution in [0.1, 0.15) is 46.0 Å². The molecule has 2 aromatic heterocycles. The lowest BCUT2D eigenvalue weighted by Gasteiger charge is -2.57. The maximum absolute atomic E-state index is 13.1. The minimum Gasteiger partial charge on any atom is -0.489 e. The van der Waals surface area contributed by atoms with Crippen LogP contribution >= 0.6 is 0 Å². The molecule has 4 saturated carbocycles. The Hall–Kier alpha value is -3.92. The Balaban J connectivity index is 1.03. The normalized spacial score (nSPS) is 28.0. The maximum atomic E-state index is 13.1. The molecule has 2 N–H and O–H groups in total. The number of ether oxygens (including phenoxy) is 1. The highest BCUT2D eigenvalue weighted by molar-refractivity contribution is 5.79. The van der Waals surface area contributed by atoms with Crippen LogP contribution < -0.4 is 20.0 Å². The highest BCUT2D eigenvalue weighted by atomic mass is 16.7. The number of fused-ring (bicyclic) bond motifs is 1. The minimum atomic E-state index is -0.530. The van der Waals surface area contributed by atoms with Gasteiger partial charge in [0.25, 0.3) is 0 Å². The third-order valence-electron chi connectivity index (χ3n) is 8.97. The summed E-state index contributed by atoms with van der Waals surface area (Å²) in [7, 11) is 0. The van der Waals surface area contributed by atoms with E-state index in [1.54, 1.807) is 23.7 Å². The van der Waals surface area contributed by atoms with Crippen molar-refractivity contribution >= 4 is 23.4 Å². The Morgan fingerprint density at radius 2 is 1.71 bits per heavy atom. The van der Waals surface area contributed by atoms with Crippen molar-refractivity contribution in [1.82, 2.24) is 20.3 Å². The van der Waals surface area contributed by atoms with Crippen molar-refractivity contribution in [3.05, 3.63) is 55.0 Å². The van der Waals surface area contributed by atoms with Crippen LogP contribution in [-0.4, -0.2) is 57.0 Å². The molecule has 4 bridgehead atoms. The molecule has 0 spiro atoms. The summed E-state index contributed by atoms with van der Waals surface area (Å²) in [6.07, 6.45) is 9.54. The van der Waals surface area contributed by atoms with Crippen molar-refractivity contribution in [1.29, 1.82) is 0 Å². The average Bonchev–Trinajstić information content (AvgIpc) is 2.95. The van der Waals surface area contributed by atoms with E-state index in [-0.39, 0.29) is 12.1 Å². The predicted octanol–water partition coefficient (Wildman–Crippen LogP) is 4.86. The molecule has 10 heteroatoms. The molecule has 0 saturated heterocycles. The zero-order valence-corrected chi connectivity index (χ0v) is 23.4. The van der Waals surface area contributed by atoms with E-state index in [1.807, 2.05) is 55.1 Å². The lowest BCUT2D eigenvalue weighted by Crippen LogP contribution is -2.62. The largest absolute Gasteiger partial charge is 0.489 e. The molecule has 214 valence electrons. The molecule has 41 heavy (non-hydrogen) atoms. The summed E-state index contributed by atoms with van der Waals surface area (Å²) in [5.74, 6) is 2.53. The first-order valence-corrected chi connectivity index (χ1v) is 14.6. The number of pyridine rings is 1. The number of hydroxylamine groups is 1. The number of benzene rings is 1. The third-order valence-corrected chi connectivity index (χ3v) is 8.97. The average molecular weight is 557 g/mol. The Morgan fingerprint density at radius 3 is 2.37 bits per heavy atom.